The van der Waals surface area contributed by atoms with Crippen LogP contribution in [0.3, 0.4) is 0 Å². The monoisotopic (exact) mass is 589 g/mol. The van der Waals surface area contributed by atoms with Crippen molar-refractivity contribution in [2.24, 2.45) is 11.3 Å². The van der Waals surface area contributed by atoms with E-state index in [9.17, 15) is 22.8 Å². The number of amides is 1. The highest BCUT2D eigenvalue weighted by Gasteiger charge is 2.55. The summed E-state index contributed by atoms with van der Waals surface area (Å²) in [5.41, 5.74) is 3.08. The van der Waals surface area contributed by atoms with Crippen molar-refractivity contribution < 1.29 is 27.5 Å². The first-order valence-electron chi connectivity index (χ1n) is 14.7. The number of hydrogen-bond acceptors (Lipinski definition) is 4. The molecular formula is C34H34F3N3O3. The van der Waals surface area contributed by atoms with Crippen molar-refractivity contribution in [3.8, 4) is 0 Å². The van der Waals surface area contributed by atoms with Crippen LogP contribution >= 0.6 is 0 Å². The Morgan fingerprint density at radius 2 is 1.74 bits per heavy atom. The van der Waals surface area contributed by atoms with E-state index < -0.39 is 11.7 Å². The number of rotatable bonds is 8. The maximum Gasteiger partial charge on any atom is 0.416 e. The minimum atomic E-state index is -4.39. The average Bonchev–Trinajstić information content (AvgIpc) is 3.33. The van der Waals surface area contributed by atoms with E-state index in [2.05, 4.69) is 10.3 Å². The SMILES string of the molecule is CCn1cc(C(=O)NC2CC3(C2)CC(C(=O)OC(C)c2ccccc2)C3)c2c(Cc3ccc(C(F)(F)F)cc3)ccnc21. The Balaban J connectivity index is 1.09. The number of fused-ring (bicyclic) bond motifs is 1. The molecule has 2 fully saturated rings. The molecule has 2 aromatic carbocycles. The zero-order valence-corrected chi connectivity index (χ0v) is 24.2. The average molecular weight is 590 g/mol. The number of esters is 1. The fraction of sp³-hybridized carbons (Fsp3) is 0.382. The van der Waals surface area contributed by atoms with Crippen molar-refractivity contribution in [1.82, 2.24) is 14.9 Å². The van der Waals surface area contributed by atoms with Crippen molar-refractivity contribution >= 4 is 22.9 Å². The van der Waals surface area contributed by atoms with Crippen LogP contribution in [0.4, 0.5) is 13.2 Å². The van der Waals surface area contributed by atoms with Gasteiger partial charge in [-0.3, -0.25) is 9.59 Å². The summed E-state index contributed by atoms with van der Waals surface area (Å²) in [6.45, 7) is 4.48. The van der Waals surface area contributed by atoms with Gasteiger partial charge in [0.15, 0.2) is 0 Å². The molecule has 1 N–H and O–H groups in total. The number of carbonyl (C=O) groups excluding carboxylic acids is 2. The van der Waals surface area contributed by atoms with Gasteiger partial charge >= 0.3 is 12.1 Å². The second-order valence-corrected chi connectivity index (χ2v) is 12.0. The molecule has 0 bridgehead atoms. The lowest BCUT2D eigenvalue weighted by Gasteiger charge is -2.57. The van der Waals surface area contributed by atoms with E-state index in [0.29, 0.717) is 29.7 Å². The summed E-state index contributed by atoms with van der Waals surface area (Å²) in [4.78, 5) is 30.8. The minimum absolute atomic E-state index is 0.0165. The van der Waals surface area contributed by atoms with Gasteiger partial charge in [0.25, 0.3) is 5.91 Å². The number of benzene rings is 2. The van der Waals surface area contributed by atoms with E-state index in [-0.39, 0.29) is 35.4 Å². The van der Waals surface area contributed by atoms with Crippen molar-refractivity contribution in [3.63, 3.8) is 0 Å². The highest BCUT2D eigenvalue weighted by Crippen LogP contribution is 2.59. The molecule has 2 saturated carbocycles. The topological polar surface area (TPSA) is 73.2 Å². The lowest BCUT2D eigenvalue weighted by molar-refractivity contribution is -0.167. The van der Waals surface area contributed by atoms with Crippen LogP contribution in [-0.2, 0) is 28.7 Å². The number of halogens is 3. The fourth-order valence-electron chi connectivity index (χ4n) is 6.77. The van der Waals surface area contributed by atoms with Crippen molar-refractivity contribution in [1.29, 1.82) is 0 Å². The van der Waals surface area contributed by atoms with Crippen LogP contribution in [0.1, 0.15) is 78.2 Å². The van der Waals surface area contributed by atoms with E-state index in [1.807, 2.05) is 54.8 Å². The Kier molecular flexibility index (Phi) is 7.52. The quantitative estimate of drug-likeness (QED) is 0.220. The molecule has 9 heteroatoms. The third-order valence-corrected chi connectivity index (χ3v) is 9.05. The molecule has 6 nitrogen and oxygen atoms in total. The first-order chi connectivity index (χ1) is 20.5. The van der Waals surface area contributed by atoms with E-state index in [4.69, 9.17) is 4.74 Å². The normalized spacial score (nSPS) is 22.1. The highest BCUT2D eigenvalue weighted by molar-refractivity contribution is 6.07. The predicted octanol–water partition coefficient (Wildman–Crippen LogP) is 7.26. The second kappa shape index (κ2) is 11.2. The molecule has 0 radical (unpaired) electrons. The Bertz CT molecular complexity index is 1630. The summed E-state index contributed by atoms with van der Waals surface area (Å²) in [5, 5.41) is 3.89. The number of nitrogens with zero attached hydrogens (tertiary/aromatic N) is 2. The van der Waals surface area contributed by atoms with Gasteiger partial charge in [-0.2, -0.15) is 13.2 Å². The lowest BCUT2D eigenvalue weighted by atomic mass is 9.50. The van der Waals surface area contributed by atoms with Crippen LogP contribution in [0.2, 0.25) is 0 Å². The van der Waals surface area contributed by atoms with Crippen LogP contribution in [0, 0.1) is 11.3 Å². The first kappa shape index (κ1) is 29.0. The van der Waals surface area contributed by atoms with E-state index in [0.717, 1.165) is 54.3 Å². The molecule has 0 saturated heterocycles. The van der Waals surface area contributed by atoms with E-state index in [1.54, 1.807) is 12.4 Å². The standard InChI is InChI=1S/C34H34F3N3O3/c1-3-40-20-28(29-24(13-14-38-30(29)40)15-22-9-11-26(12-10-22)34(35,36)37)31(41)39-27-18-33(19-27)16-25(17-33)32(42)43-21(2)23-7-5-4-6-8-23/h4-14,20-21,25,27H,3,15-19H2,1-2H3,(H,39,41). The van der Waals surface area contributed by atoms with E-state index in [1.165, 1.54) is 12.1 Å². The zero-order valence-electron chi connectivity index (χ0n) is 24.2. The van der Waals surface area contributed by atoms with Crippen LogP contribution in [-0.4, -0.2) is 27.5 Å². The van der Waals surface area contributed by atoms with Gasteiger partial charge in [0, 0.05) is 30.4 Å². The Labute approximate surface area is 248 Å². The number of ether oxygens (including phenoxy) is 1. The third kappa shape index (κ3) is 5.77. The van der Waals surface area contributed by atoms with Gasteiger partial charge in [0.05, 0.1) is 17.0 Å². The second-order valence-electron chi connectivity index (χ2n) is 12.0. The highest BCUT2D eigenvalue weighted by atomic mass is 19.4. The van der Waals surface area contributed by atoms with Gasteiger partial charge in [0.1, 0.15) is 11.8 Å². The molecule has 1 amide bonds. The van der Waals surface area contributed by atoms with Crippen molar-refractivity contribution in [2.75, 3.05) is 0 Å². The Morgan fingerprint density at radius 3 is 2.40 bits per heavy atom. The van der Waals surface area contributed by atoms with Crippen LogP contribution in [0.5, 0.6) is 0 Å². The molecular weight excluding hydrogens is 555 g/mol. The minimum Gasteiger partial charge on any atom is -0.458 e. The summed E-state index contributed by atoms with van der Waals surface area (Å²) < 4.78 is 46.7. The molecule has 43 heavy (non-hydrogen) atoms. The molecule has 4 aromatic rings. The molecule has 224 valence electrons. The fourth-order valence-corrected chi connectivity index (χ4v) is 6.77. The van der Waals surface area contributed by atoms with E-state index >= 15 is 0 Å². The predicted molar refractivity (Wildman–Crippen MR) is 156 cm³/mol. The molecule has 0 aliphatic heterocycles. The van der Waals surface area contributed by atoms with Gasteiger partial charge in [-0.15, -0.1) is 0 Å². The molecule has 1 atom stereocenters. The summed E-state index contributed by atoms with van der Waals surface area (Å²) in [7, 11) is 0. The van der Waals surface area contributed by atoms with Gasteiger partial charge < -0.3 is 14.6 Å². The first-order valence-corrected chi connectivity index (χ1v) is 14.7. The molecule has 1 unspecified atom stereocenters. The summed E-state index contributed by atoms with van der Waals surface area (Å²) in [6.07, 6.45) is 2.36. The number of aryl methyl sites for hydroxylation is 1. The maximum atomic E-state index is 13.5. The van der Waals surface area contributed by atoms with Crippen molar-refractivity contribution in [2.45, 2.75) is 70.8 Å². The number of nitrogens with one attached hydrogen (secondary N) is 1. The molecule has 1 spiro atoms. The number of carbonyl (C=O) groups is 2. The third-order valence-electron chi connectivity index (χ3n) is 9.05. The van der Waals surface area contributed by atoms with Crippen molar-refractivity contribution in [3.05, 3.63) is 101 Å². The number of pyridine rings is 1. The zero-order chi connectivity index (χ0) is 30.4. The summed E-state index contributed by atoms with van der Waals surface area (Å²) in [5.74, 6) is -0.454. The van der Waals surface area contributed by atoms with Gasteiger partial charge in [-0.05, 0) is 86.3 Å². The molecule has 2 aromatic heterocycles. The summed E-state index contributed by atoms with van der Waals surface area (Å²) in [6, 6.07) is 16.6. The number of aromatic nitrogens is 2. The molecule has 2 aliphatic rings. The number of alkyl halides is 3. The number of hydrogen-bond donors (Lipinski definition) is 1. The van der Waals surface area contributed by atoms with Crippen LogP contribution in [0.25, 0.3) is 11.0 Å². The smallest absolute Gasteiger partial charge is 0.416 e. The van der Waals surface area contributed by atoms with Gasteiger partial charge in [-0.1, -0.05) is 42.5 Å². The maximum absolute atomic E-state index is 13.5. The molecule has 6 rings (SSSR count). The van der Waals surface area contributed by atoms with Crippen LogP contribution < -0.4 is 5.32 Å². The van der Waals surface area contributed by atoms with Gasteiger partial charge in [-0.25, -0.2) is 4.98 Å². The molecule has 2 heterocycles. The largest absolute Gasteiger partial charge is 0.458 e. The lowest BCUT2D eigenvalue weighted by Crippen LogP contribution is -2.57. The Hall–Kier alpha value is -4.14. The summed E-state index contributed by atoms with van der Waals surface area (Å²) >= 11 is 0. The van der Waals surface area contributed by atoms with Gasteiger partial charge in [0.2, 0.25) is 0 Å². The molecule has 2 aliphatic carbocycles. The Morgan fingerprint density at radius 1 is 1.05 bits per heavy atom. The van der Waals surface area contributed by atoms with Crippen LogP contribution in [0.15, 0.2) is 73.1 Å².